The van der Waals surface area contributed by atoms with Gasteiger partial charge in [0.25, 0.3) is 0 Å². The van der Waals surface area contributed by atoms with Crippen molar-refractivity contribution in [2.24, 2.45) is 22.7 Å². The van der Waals surface area contributed by atoms with Gasteiger partial charge in [-0.15, -0.1) is 0 Å². The molecule has 1 fully saturated rings. The van der Waals surface area contributed by atoms with E-state index in [2.05, 4.69) is 50.5 Å². The van der Waals surface area contributed by atoms with Crippen molar-refractivity contribution in [1.82, 2.24) is 10.6 Å². The van der Waals surface area contributed by atoms with E-state index in [1.54, 1.807) is 0 Å². The van der Waals surface area contributed by atoms with Crippen molar-refractivity contribution in [2.75, 3.05) is 13.1 Å². The molecule has 3 aliphatic rings. The Hall–Kier alpha value is -4.50. The van der Waals surface area contributed by atoms with Gasteiger partial charge in [-0.2, -0.15) is 31.6 Å². The normalized spacial score (nSPS) is 23.4. The second kappa shape index (κ2) is 12.6. The van der Waals surface area contributed by atoms with Crippen molar-refractivity contribution in [3.8, 4) is 36.4 Å². The molecular weight excluding hydrogens is 496 g/mol. The van der Waals surface area contributed by atoms with E-state index in [-0.39, 0.29) is 22.0 Å². The van der Waals surface area contributed by atoms with Crippen LogP contribution in [0.15, 0.2) is 44.8 Å². The highest BCUT2D eigenvalue weighted by atomic mass is 14.9. The Balaban J connectivity index is 1.64. The molecule has 0 aromatic carbocycles. The third-order valence-corrected chi connectivity index (χ3v) is 8.28. The summed E-state index contributed by atoms with van der Waals surface area (Å²) in [5.74, 6) is 0.914. The number of hydrogen-bond acceptors (Lipinski definition) is 8. The molecule has 0 aromatic heterocycles. The molecule has 0 radical (unpaired) electrons. The van der Waals surface area contributed by atoms with Gasteiger partial charge < -0.3 is 10.6 Å². The van der Waals surface area contributed by atoms with Crippen LogP contribution >= 0.6 is 0 Å². The number of nitrogens with zero attached hydrogens (tertiary/aromatic N) is 6. The predicted molar refractivity (Wildman–Crippen MR) is 149 cm³/mol. The van der Waals surface area contributed by atoms with Gasteiger partial charge in [-0.3, -0.25) is 0 Å². The Morgan fingerprint density at radius 2 is 0.925 bits per heavy atom. The van der Waals surface area contributed by atoms with Gasteiger partial charge in [0.05, 0.1) is 11.1 Å². The summed E-state index contributed by atoms with van der Waals surface area (Å²) in [5, 5.41) is 64.4. The van der Waals surface area contributed by atoms with Crippen LogP contribution in [-0.4, -0.2) is 13.1 Å². The zero-order valence-corrected chi connectivity index (χ0v) is 23.9. The lowest BCUT2D eigenvalue weighted by molar-refractivity contribution is 0.260. The first kappa shape index (κ1) is 30.0. The van der Waals surface area contributed by atoms with E-state index in [0.717, 1.165) is 50.2 Å². The van der Waals surface area contributed by atoms with Crippen LogP contribution in [0, 0.1) is 90.7 Å². The van der Waals surface area contributed by atoms with Crippen molar-refractivity contribution in [3.63, 3.8) is 0 Å². The third kappa shape index (κ3) is 6.92. The minimum Gasteiger partial charge on any atom is -0.387 e. The molecular formula is C32H36N8. The van der Waals surface area contributed by atoms with Crippen molar-refractivity contribution in [3.05, 3.63) is 44.8 Å². The van der Waals surface area contributed by atoms with Gasteiger partial charge in [0.2, 0.25) is 0 Å². The molecule has 0 bridgehead atoms. The zero-order chi connectivity index (χ0) is 29.5. The monoisotopic (exact) mass is 532 g/mol. The van der Waals surface area contributed by atoms with Crippen LogP contribution in [0.2, 0.25) is 0 Å². The van der Waals surface area contributed by atoms with Crippen molar-refractivity contribution < 1.29 is 0 Å². The Bertz CT molecular complexity index is 1270. The van der Waals surface area contributed by atoms with Gasteiger partial charge in [0.15, 0.2) is 0 Å². The minimum atomic E-state index is -0.152. The molecule has 8 heteroatoms. The molecule has 0 saturated heterocycles. The molecule has 40 heavy (non-hydrogen) atoms. The highest BCUT2D eigenvalue weighted by Crippen LogP contribution is 2.43. The average molecular weight is 533 g/mol. The fourth-order valence-corrected chi connectivity index (χ4v) is 6.25. The number of nitriles is 6. The van der Waals surface area contributed by atoms with E-state index >= 15 is 0 Å². The van der Waals surface area contributed by atoms with E-state index in [4.69, 9.17) is 0 Å². The van der Waals surface area contributed by atoms with Crippen LogP contribution in [0.4, 0.5) is 0 Å². The van der Waals surface area contributed by atoms with E-state index in [1.807, 2.05) is 24.3 Å². The lowest BCUT2D eigenvalue weighted by Gasteiger charge is -2.36. The van der Waals surface area contributed by atoms with Gasteiger partial charge in [0.1, 0.15) is 47.6 Å². The maximum atomic E-state index is 9.86. The zero-order valence-electron chi connectivity index (χ0n) is 23.9. The van der Waals surface area contributed by atoms with Crippen LogP contribution < -0.4 is 10.6 Å². The summed E-state index contributed by atoms with van der Waals surface area (Å²) < 4.78 is 0. The lowest BCUT2D eigenvalue weighted by Crippen LogP contribution is -2.34. The highest BCUT2D eigenvalue weighted by molar-refractivity contribution is 5.58. The van der Waals surface area contributed by atoms with Gasteiger partial charge in [-0.25, -0.2) is 0 Å². The maximum absolute atomic E-state index is 9.86. The predicted octanol–water partition coefficient (Wildman–Crippen LogP) is 5.85. The van der Waals surface area contributed by atoms with E-state index < -0.39 is 0 Å². The molecule has 0 atom stereocenters. The summed E-state index contributed by atoms with van der Waals surface area (Å²) in [5.41, 5.74) is 3.37. The molecule has 2 N–H and O–H groups in total. The van der Waals surface area contributed by atoms with Crippen LogP contribution in [0.3, 0.4) is 0 Å². The van der Waals surface area contributed by atoms with Gasteiger partial charge in [0, 0.05) is 35.6 Å². The number of rotatable bonds is 6. The average Bonchev–Trinajstić information content (AvgIpc) is 2.91. The van der Waals surface area contributed by atoms with Crippen molar-refractivity contribution in [1.29, 1.82) is 31.6 Å². The fourth-order valence-electron chi connectivity index (χ4n) is 6.25. The highest BCUT2D eigenvalue weighted by Gasteiger charge is 2.34. The topological polar surface area (TPSA) is 167 Å². The molecule has 8 nitrogen and oxygen atoms in total. The second-order valence-corrected chi connectivity index (χ2v) is 12.8. The molecule has 0 aliphatic heterocycles. The largest absolute Gasteiger partial charge is 0.387 e. The smallest absolute Gasteiger partial charge is 0.134 e. The van der Waals surface area contributed by atoms with Crippen molar-refractivity contribution >= 4 is 0 Å². The van der Waals surface area contributed by atoms with Crippen molar-refractivity contribution in [2.45, 2.75) is 79.1 Å². The fraction of sp³-hybridized carbons (Fsp3) is 0.562. The quantitative estimate of drug-likeness (QED) is 0.401. The molecule has 0 spiro atoms. The van der Waals surface area contributed by atoms with Crippen LogP contribution in [0.1, 0.15) is 79.1 Å². The van der Waals surface area contributed by atoms with E-state index in [1.165, 1.54) is 0 Å². The van der Waals surface area contributed by atoms with Gasteiger partial charge in [-0.05, 0) is 74.0 Å². The summed E-state index contributed by atoms with van der Waals surface area (Å²) in [7, 11) is 0. The Labute approximate surface area is 238 Å². The number of allylic oxidation sites excluding steroid dienone is 8. The Morgan fingerprint density at radius 3 is 1.20 bits per heavy atom. The molecule has 0 aromatic rings. The van der Waals surface area contributed by atoms with Crippen LogP contribution in [0.25, 0.3) is 0 Å². The first-order valence-corrected chi connectivity index (χ1v) is 13.8. The Morgan fingerprint density at radius 1 is 0.600 bits per heavy atom. The summed E-state index contributed by atoms with van der Waals surface area (Å²) in [6, 6.07) is 12.3. The third-order valence-electron chi connectivity index (χ3n) is 8.28. The summed E-state index contributed by atoms with van der Waals surface area (Å²) >= 11 is 0. The molecule has 1 saturated carbocycles. The summed E-state index contributed by atoms with van der Waals surface area (Å²) in [6.07, 6.45) is 6.61. The summed E-state index contributed by atoms with van der Waals surface area (Å²) in [6.45, 7) is 9.86. The van der Waals surface area contributed by atoms with Crippen LogP contribution in [0.5, 0.6) is 0 Å². The van der Waals surface area contributed by atoms with Gasteiger partial charge >= 0.3 is 0 Å². The summed E-state index contributed by atoms with van der Waals surface area (Å²) in [4.78, 5) is 0. The molecule has 3 rings (SSSR count). The first-order chi connectivity index (χ1) is 19.0. The standard InChI is InChI=1S/C32H36N8/c1-31(2)9-25(23(13-33)14-34)27(17-37)29(11-31)39-19-21-5-7-22(8-6-21)20-40-30-12-32(3,4)10-26(28(30)18-38)24(15-35)16-36/h21-22,39-40H,5-12,19-20H2,1-4H3. The number of nitrogens with one attached hydrogen (secondary N) is 2. The lowest BCUT2D eigenvalue weighted by atomic mass is 9.72. The SMILES string of the molecule is CC1(C)CC(NCC2CCC(CNC3=C(C#N)C(=C(C#N)C#N)CC(C)(C)C3)CC2)=C(C#N)C(=C(C#N)C#N)C1. The van der Waals surface area contributed by atoms with Crippen LogP contribution in [-0.2, 0) is 0 Å². The molecule has 0 heterocycles. The molecule has 0 amide bonds. The maximum Gasteiger partial charge on any atom is 0.134 e. The first-order valence-electron chi connectivity index (χ1n) is 13.8. The number of hydrogen-bond donors (Lipinski definition) is 2. The van der Waals surface area contributed by atoms with Gasteiger partial charge in [-0.1, -0.05) is 27.7 Å². The molecule has 204 valence electrons. The second-order valence-electron chi connectivity index (χ2n) is 12.8. The minimum absolute atomic E-state index is 0.0201. The van der Waals surface area contributed by atoms with E-state index in [9.17, 15) is 31.6 Å². The molecule has 3 aliphatic carbocycles. The molecule has 0 unspecified atom stereocenters. The van der Waals surface area contributed by atoms with E-state index in [0.29, 0.717) is 59.8 Å². The Kier molecular flexibility index (Phi) is 9.44.